The molecule has 0 bridgehead atoms. The van der Waals surface area contributed by atoms with Gasteiger partial charge in [-0.15, -0.1) is 0 Å². The Labute approximate surface area is 123 Å². The van der Waals surface area contributed by atoms with Crippen LogP contribution < -0.4 is 0 Å². The molecule has 19 heavy (non-hydrogen) atoms. The normalized spacial score (nSPS) is 18.6. The first-order valence-electron chi connectivity index (χ1n) is 5.68. The van der Waals surface area contributed by atoms with Gasteiger partial charge in [0.2, 0.25) is 4.34 Å². The van der Waals surface area contributed by atoms with Crippen LogP contribution in [0.15, 0.2) is 8.13 Å². The maximum atomic E-state index is 12.3. The second kappa shape index (κ2) is 5.47. The minimum absolute atomic E-state index is 0.0608. The standard InChI is InChI=1S/C10H13BrN2O4S2/c1-6-8(11)18-10(12-6)19(16,17)13-4-2-7(3-5-13)9(14)15/h7H,2-5H2,1H3,(H,14,15). The Kier molecular flexibility index (Phi) is 4.29. The average Bonchev–Trinajstić information content (AvgIpc) is 2.70. The maximum absolute atomic E-state index is 12.3. The van der Waals surface area contributed by atoms with Gasteiger partial charge >= 0.3 is 5.97 Å². The summed E-state index contributed by atoms with van der Waals surface area (Å²) in [5.74, 6) is -1.30. The number of rotatable bonds is 3. The molecule has 2 heterocycles. The summed E-state index contributed by atoms with van der Waals surface area (Å²) in [5.41, 5.74) is 0.643. The summed E-state index contributed by atoms with van der Waals surface area (Å²) in [6.45, 7) is 2.20. The number of carboxylic acid groups (broad SMARTS) is 1. The molecule has 1 N–H and O–H groups in total. The SMILES string of the molecule is Cc1nc(S(=O)(=O)N2CCC(C(=O)O)CC2)sc1Br. The zero-order valence-electron chi connectivity index (χ0n) is 10.2. The highest BCUT2D eigenvalue weighted by molar-refractivity contribution is 9.11. The smallest absolute Gasteiger partial charge is 0.306 e. The highest BCUT2D eigenvalue weighted by Gasteiger charge is 2.33. The fraction of sp³-hybridized carbons (Fsp3) is 0.600. The molecule has 1 aliphatic heterocycles. The predicted molar refractivity (Wildman–Crippen MR) is 73.7 cm³/mol. The molecule has 106 valence electrons. The maximum Gasteiger partial charge on any atom is 0.306 e. The molecule has 0 aromatic carbocycles. The molecular formula is C10H13BrN2O4S2. The predicted octanol–water partition coefficient (Wildman–Crippen LogP) is 1.70. The van der Waals surface area contributed by atoms with Crippen molar-refractivity contribution in [2.75, 3.05) is 13.1 Å². The number of carboxylic acids is 1. The van der Waals surface area contributed by atoms with Gasteiger partial charge in [0.05, 0.1) is 15.4 Å². The van der Waals surface area contributed by atoms with Gasteiger partial charge in [0.15, 0.2) is 0 Å². The van der Waals surface area contributed by atoms with Gasteiger partial charge in [-0.1, -0.05) is 11.3 Å². The molecule has 0 atom stereocenters. The monoisotopic (exact) mass is 368 g/mol. The second-order valence-electron chi connectivity index (χ2n) is 4.36. The molecule has 0 amide bonds. The Hall–Kier alpha value is -0.510. The van der Waals surface area contributed by atoms with Crippen molar-refractivity contribution in [3.05, 3.63) is 9.48 Å². The minimum Gasteiger partial charge on any atom is -0.481 e. The van der Waals surface area contributed by atoms with Crippen LogP contribution in [0, 0.1) is 12.8 Å². The van der Waals surface area contributed by atoms with E-state index in [9.17, 15) is 13.2 Å². The van der Waals surface area contributed by atoms with E-state index in [2.05, 4.69) is 20.9 Å². The van der Waals surface area contributed by atoms with Crippen LogP contribution in [0.3, 0.4) is 0 Å². The topological polar surface area (TPSA) is 87.6 Å². The van der Waals surface area contributed by atoms with Gasteiger partial charge in [-0.05, 0) is 35.7 Å². The summed E-state index contributed by atoms with van der Waals surface area (Å²) in [4.78, 5) is 14.9. The molecule has 0 saturated carbocycles. The molecule has 0 spiro atoms. The number of aromatic nitrogens is 1. The van der Waals surface area contributed by atoms with Crippen LogP contribution in [-0.2, 0) is 14.8 Å². The molecule has 1 aromatic rings. The van der Waals surface area contributed by atoms with E-state index in [1.165, 1.54) is 4.31 Å². The van der Waals surface area contributed by atoms with E-state index in [4.69, 9.17) is 5.11 Å². The highest BCUT2D eigenvalue weighted by atomic mass is 79.9. The van der Waals surface area contributed by atoms with Crippen LogP contribution in [0.2, 0.25) is 0 Å². The Morgan fingerprint density at radius 3 is 2.47 bits per heavy atom. The number of halogens is 1. The molecule has 1 aromatic heterocycles. The first-order chi connectivity index (χ1) is 8.82. The van der Waals surface area contributed by atoms with Crippen LogP contribution in [0.5, 0.6) is 0 Å². The summed E-state index contributed by atoms with van der Waals surface area (Å²) in [6.07, 6.45) is 0.695. The quantitative estimate of drug-likeness (QED) is 0.876. The summed E-state index contributed by atoms with van der Waals surface area (Å²) in [7, 11) is -3.60. The number of hydrogen-bond donors (Lipinski definition) is 1. The summed E-state index contributed by atoms with van der Waals surface area (Å²) in [6, 6.07) is 0. The molecule has 2 rings (SSSR count). The number of hydrogen-bond acceptors (Lipinski definition) is 5. The van der Waals surface area contributed by atoms with E-state index in [0.717, 1.165) is 11.3 Å². The minimum atomic E-state index is -3.60. The fourth-order valence-electron chi connectivity index (χ4n) is 1.92. The van der Waals surface area contributed by atoms with Gasteiger partial charge in [-0.2, -0.15) is 4.31 Å². The van der Waals surface area contributed by atoms with Crippen molar-refractivity contribution in [3.63, 3.8) is 0 Å². The molecule has 0 unspecified atom stereocenters. The largest absolute Gasteiger partial charge is 0.481 e. The molecule has 6 nitrogen and oxygen atoms in total. The van der Waals surface area contributed by atoms with Crippen molar-refractivity contribution in [2.45, 2.75) is 24.1 Å². The third kappa shape index (κ3) is 2.99. The van der Waals surface area contributed by atoms with Crippen LogP contribution in [0.25, 0.3) is 0 Å². The van der Waals surface area contributed by atoms with Crippen molar-refractivity contribution in [1.29, 1.82) is 0 Å². The van der Waals surface area contributed by atoms with E-state index < -0.39 is 21.9 Å². The summed E-state index contributed by atoms with van der Waals surface area (Å²) >= 11 is 4.34. The van der Waals surface area contributed by atoms with Crippen LogP contribution >= 0.6 is 27.3 Å². The van der Waals surface area contributed by atoms with Gasteiger partial charge in [0.25, 0.3) is 10.0 Å². The molecule has 1 saturated heterocycles. The Bertz CT molecular complexity index is 571. The molecular weight excluding hydrogens is 356 g/mol. The summed E-state index contributed by atoms with van der Waals surface area (Å²) in [5, 5.41) is 8.90. The van der Waals surface area contributed by atoms with E-state index in [1.807, 2.05) is 0 Å². The Morgan fingerprint density at radius 2 is 2.05 bits per heavy atom. The van der Waals surface area contributed by atoms with E-state index in [-0.39, 0.29) is 17.4 Å². The zero-order chi connectivity index (χ0) is 14.2. The highest BCUT2D eigenvalue weighted by Crippen LogP contribution is 2.31. The van der Waals surface area contributed by atoms with E-state index >= 15 is 0 Å². The third-order valence-corrected chi connectivity index (χ3v) is 7.34. The molecule has 1 fully saturated rings. The van der Waals surface area contributed by atoms with Crippen molar-refractivity contribution >= 4 is 43.3 Å². The number of aryl methyl sites for hydroxylation is 1. The number of sulfonamides is 1. The van der Waals surface area contributed by atoms with Crippen LogP contribution in [0.1, 0.15) is 18.5 Å². The van der Waals surface area contributed by atoms with Gasteiger partial charge in [0.1, 0.15) is 0 Å². The van der Waals surface area contributed by atoms with E-state index in [0.29, 0.717) is 22.3 Å². The number of carbonyl (C=O) groups is 1. The molecule has 0 aliphatic carbocycles. The number of piperidine rings is 1. The third-order valence-electron chi connectivity index (χ3n) is 3.08. The van der Waals surface area contributed by atoms with Gasteiger partial charge in [-0.3, -0.25) is 4.79 Å². The van der Waals surface area contributed by atoms with Crippen LogP contribution in [-0.4, -0.2) is 41.9 Å². The fourth-order valence-corrected chi connectivity index (χ4v) is 5.47. The van der Waals surface area contributed by atoms with Gasteiger partial charge in [0, 0.05) is 13.1 Å². The van der Waals surface area contributed by atoms with Gasteiger partial charge < -0.3 is 5.11 Å². The van der Waals surface area contributed by atoms with Crippen LogP contribution in [0.4, 0.5) is 0 Å². The lowest BCUT2D eigenvalue weighted by Gasteiger charge is -2.28. The Balaban J connectivity index is 2.16. The van der Waals surface area contributed by atoms with Gasteiger partial charge in [-0.25, -0.2) is 13.4 Å². The lowest BCUT2D eigenvalue weighted by Crippen LogP contribution is -2.40. The number of aliphatic carboxylic acids is 1. The van der Waals surface area contributed by atoms with Crippen molar-refractivity contribution in [2.24, 2.45) is 5.92 Å². The number of thiazole rings is 1. The first-order valence-corrected chi connectivity index (χ1v) is 8.73. The number of nitrogens with zero attached hydrogens (tertiary/aromatic N) is 2. The lowest BCUT2D eigenvalue weighted by atomic mass is 9.99. The molecule has 0 radical (unpaired) electrons. The first kappa shape index (κ1) is 14.9. The van der Waals surface area contributed by atoms with Crippen molar-refractivity contribution in [1.82, 2.24) is 9.29 Å². The lowest BCUT2D eigenvalue weighted by molar-refractivity contribution is -0.142. The van der Waals surface area contributed by atoms with Crippen molar-refractivity contribution in [3.8, 4) is 0 Å². The summed E-state index contributed by atoms with van der Waals surface area (Å²) < 4.78 is 26.7. The Morgan fingerprint density at radius 1 is 1.47 bits per heavy atom. The average molecular weight is 369 g/mol. The van der Waals surface area contributed by atoms with Crippen molar-refractivity contribution < 1.29 is 18.3 Å². The van der Waals surface area contributed by atoms with E-state index in [1.54, 1.807) is 6.92 Å². The second-order valence-corrected chi connectivity index (χ2v) is 8.78. The molecule has 9 heteroatoms. The zero-order valence-corrected chi connectivity index (χ0v) is 13.4. The molecule has 1 aliphatic rings.